The Balaban J connectivity index is 2.74. The van der Waals surface area contributed by atoms with Crippen LogP contribution < -0.4 is 0 Å². The summed E-state index contributed by atoms with van der Waals surface area (Å²) in [5.41, 5.74) is 1.60. The average molecular weight is 139 g/mol. The molecule has 0 radical (unpaired) electrons. The minimum atomic E-state index is 0.667. The van der Waals surface area contributed by atoms with Crippen LogP contribution in [0.4, 0.5) is 0 Å². The summed E-state index contributed by atoms with van der Waals surface area (Å²) in [5, 5.41) is 0. The van der Waals surface area contributed by atoms with Crippen molar-refractivity contribution in [2.24, 2.45) is 5.92 Å². The van der Waals surface area contributed by atoms with Crippen molar-refractivity contribution in [1.82, 2.24) is 4.90 Å². The minimum Gasteiger partial charge on any atom is -0.299 e. The van der Waals surface area contributed by atoms with Gasteiger partial charge in [-0.15, -0.1) is 0 Å². The van der Waals surface area contributed by atoms with Crippen molar-refractivity contribution in [1.29, 1.82) is 0 Å². The van der Waals surface area contributed by atoms with E-state index in [9.17, 15) is 0 Å². The second-order valence-corrected chi connectivity index (χ2v) is 3.31. The van der Waals surface area contributed by atoms with Crippen molar-refractivity contribution in [3.05, 3.63) is 11.6 Å². The van der Waals surface area contributed by atoms with Gasteiger partial charge in [-0.25, -0.2) is 0 Å². The molecule has 0 aromatic heterocycles. The lowest BCUT2D eigenvalue weighted by Gasteiger charge is -2.14. The van der Waals surface area contributed by atoms with Crippen LogP contribution in [0.2, 0.25) is 0 Å². The predicted molar refractivity (Wildman–Crippen MR) is 45.0 cm³/mol. The SMILES string of the molecule is C/C=C1/C(C)CN(C)C1C. The summed E-state index contributed by atoms with van der Waals surface area (Å²) in [4.78, 5) is 2.40. The quantitative estimate of drug-likeness (QED) is 0.463. The summed E-state index contributed by atoms with van der Waals surface area (Å²) in [5.74, 6) is 0.769. The molecule has 58 valence electrons. The smallest absolute Gasteiger partial charge is 0.0279 e. The molecule has 1 nitrogen and oxygen atoms in total. The second-order valence-electron chi connectivity index (χ2n) is 3.31. The molecule has 2 atom stereocenters. The van der Waals surface area contributed by atoms with Gasteiger partial charge in [0.25, 0.3) is 0 Å². The molecule has 0 amide bonds. The highest BCUT2D eigenvalue weighted by Crippen LogP contribution is 2.26. The van der Waals surface area contributed by atoms with E-state index in [4.69, 9.17) is 0 Å². The van der Waals surface area contributed by atoms with Crippen molar-refractivity contribution in [3.8, 4) is 0 Å². The molecule has 1 heteroatoms. The molecule has 10 heavy (non-hydrogen) atoms. The largest absolute Gasteiger partial charge is 0.299 e. The van der Waals surface area contributed by atoms with E-state index in [0.29, 0.717) is 6.04 Å². The van der Waals surface area contributed by atoms with Crippen LogP contribution in [0.15, 0.2) is 11.6 Å². The molecule has 1 heterocycles. The fourth-order valence-electron chi connectivity index (χ4n) is 1.89. The van der Waals surface area contributed by atoms with E-state index in [-0.39, 0.29) is 0 Å². The third-order valence-corrected chi connectivity index (χ3v) is 2.61. The lowest BCUT2D eigenvalue weighted by atomic mass is 10.0. The summed E-state index contributed by atoms with van der Waals surface area (Å²) in [6, 6.07) is 0.667. The molecule has 0 aromatic carbocycles. The number of likely N-dealkylation sites (N-methyl/N-ethyl adjacent to an activating group) is 1. The lowest BCUT2D eigenvalue weighted by Crippen LogP contribution is -2.22. The fourth-order valence-corrected chi connectivity index (χ4v) is 1.89. The standard InChI is InChI=1S/C9H17N/c1-5-9-7(2)6-10(4)8(9)3/h5,7-8H,6H2,1-4H3/b9-5-. The molecule has 0 saturated carbocycles. The first kappa shape index (κ1) is 7.80. The number of allylic oxidation sites excluding steroid dienone is 1. The van der Waals surface area contributed by atoms with Gasteiger partial charge in [0.05, 0.1) is 0 Å². The van der Waals surface area contributed by atoms with E-state index < -0.39 is 0 Å². The van der Waals surface area contributed by atoms with E-state index in [2.05, 4.69) is 38.8 Å². The molecular weight excluding hydrogens is 122 g/mol. The van der Waals surface area contributed by atoms with Crippen molar-refractivity contribution in [2.45, 2.75) is 26.8 Å². The van der Waals surface area contributed by atoms with Crippen molar-refractivity contribution >= 4 is 0 Å². The van der Waals surface area contributed by atoms with Gasteiger partial charge in [0.15, 0.2) is 0 Å². The molecule has 1 aliphatic rings. The van der Waals surface area contributed by atoms with E-state index >= 15 is 0 Å². The Hall–Kier alpha value is -0.300. The average Bonchev–Trinajstić information content (AvgIpc) is 2.09. The number of nitrogens with zero attached hydrogens (tertiary/aromatic N) is 1. The molecule has 0 bridgehead atoms. The second kappa shape index (κ2) is 2.75. The molecule has 1 fully saturated rings. The topological polar surface area (TPSA) is 3.24 Å². The van der Waals surface area contributed by atoms with Crippen LogP contribution in [-0.2, 0) is 0 Å². The van der Waals surface area contributed by atoms with Gasteiger partial charge in [-0.1, -0.05) is 18.6 Å². The van der Waals surface area contributed by atoms with E-state index in [1.165, 1.54) is 6.54 Å². The van der Waals surface area contributed by atoms with Crippen LogP contribution in [0.1, 0.15) is 20.8 Å². The zero-order chi connectivity index (χ0) is 7.72. The lowest BCUT2D eigenvalue weighted by molar-refractivity contribution is 0.336. The third-order valence-electron chi connectivity index (χ3n) is 2.61. The molecule has 0 spiro atoms. The van der Waals surface area contributed by atoms with Crippen LogP contribution in [0, 0.1) is 5.92 Å². The highest BCUT2D eigenvalue weighted by molar-refractivity contribution is 5.17. The zero-order valence-corrected chi connectivity index (χ0v) is 7.39. The van der Waals surface area contributed by atoms with Gasteiger partial charge in [-0.05, 0) is 26.8 Å². The Labute approximate surface area is 63.7 Å². The van der Waals surface area contributed by atoms with E-state index in [1.807, 2.05) is 0 Å². The summed E-state index contributed by atoms with van der Waals surface area (Å²) in [7, 11) is 2.19. The Morgan fingerprint density at radius 3 is 2.30 bits per heavy atom. The molecule has 1 rings (SSSR count). The molecule has 0 N–H and O–H groups in total. The Bertz CT molecular complexity index is 149. The molecule has 0 aliphatic carbocycles. The Morgan fingerprint density at radius 2 is 2.10 bits per heavy atom. The molecule has 2 unspecified atom stereocenters. The van der Waals surface area contributed by atoms with Crippen LogP contribution >= 0.6 is 0 Å². The van der Waals surface area contributed by atoms with Crippen molar-refractivity contribution < 1.29 is 0 Å². The molecule has 0 aromatic rings. The van der Waals surface area contributed by atoms with Gasteiger partial charge in [-0.3, -0.25) is 4.90 Å². The first-order valence-electron chi connectivity index (χ1n) is 4.03. The van der Waals surface area contributed by atoms with Crippen molar-refractivity contribution in [2.75, 3.05) is 13.6 Å². The summed E-state index contributed by atoms with van der Waals surface area (Å²) >= 11 is 0. The maximum atomic E-state index is 2.40. The van der Waals surface area contributed by atoms with E-state index in [0.717, 1.165) is 5.92 Å². The highest BCUT2D eigenvalue weighted by Gasteiger charge is 2.27. The predicted octanol–water partition coefficient (Wildman–Crippen LogP) is 1.90. The van der Waals surface area contributed by atoms with Crippen LogP contribution in [0.5, 0.6) is 0 Å². The number of hydrogen-bond acceptors (Lipinski definition) is 1. The minimum absolute atomic E-state index is 0.667. The van der Waals surface area contributed by atoms with Gasteiger partial charge in [-0.2, -0.15) is 0 Å². The molecular formula is C9H17N. The number of hydrogen-bond donors (Lipinski definition) is 0. The van der Waals surface area contributed by atoms with Gasteiger partial charge in [0.1, 0.15) is 0 Å². The first-order chi connectivity index (χ1) is 4.66. The Kier molecular flexibility index (Phi) is 2.14. The first-order valence-corrected chi connectivity index (χ1v) is 4.03. The fraction of sp³-hybridized carbons (Fsp3) is 0.778. The van der Waals surface area contributed by atoms with Gasteiger partial charge in [0, 0.05) is 12.6 Å². The van der Waals surface area contributed by atoms with Crippen LogP contribution in [-0.4, -0.2) is 24.5 Å². The van der Waals surface area contributed by atoms with Crippen LogP contribution in [0.3, 0.4) is 0 Å². The number of rotatable bonds is 0. The normalized spacial score (nSPS) is 39.4. The van der Waals surface area contributed by atoms with Crippen LogP contribution in [0.25, 0.3) is 0 Å². The maximum absolute atomic E-state index is 2.40. The van der Waals surface area contributed by atoms with Crippen molar-refractivity contribution in [3.63, 3.8) is 0 Å². The Morgan fingerprint density at radius 1 is 1.50 bits per heavy atom. The van der Waals surface area contributed by atoms with Gasteiger partial charge < -0.3 is 0 Å². The van der Waals surface area contributed by atoms with E-state index in [1.54, 1.807) is 5.57 Å². The van der Waals surface area contributed by atoms with Gasteiger partial charge >= 0.3 is 0 Å². The summed E-state index contributed by atoms with van der Waals surface area (Å²) in [6.07, 6.45) is 2.26. The maximum Gasteiger partial charge on any atom is 0.0279 e. The molecule has 1 saturated heterocycles. The van der Waals surface area contributed by atoms with Gasteiger partial charge in [0.2, 0.25) is 0 Å². The summed E-state index contributed by atoms with van der Waals surface area (Å²) in [6.45, 7) is 7.94. The summed E-state index contributed by atoms with van der Waals surface area (Å²) < 4.78 is 0. The highest BCUT2D eigenvalue weighted by atomic mass is 15.1. The monoisotopic (exact) mass is 139 g/mol. The molecule has 1 aliphatic heterocycles. The zero-order valence-electron chi connectivity index (χ0n) is 7.39. The third kappa shape index (κ3) is 1.10. The number of likely N-dealkylation sites (tertiary alicyclic amines) is 1.